The molecule has 2 aliphatic heterocycles. The highest BCUT2D eigenvalue weighted by Crippen LogP contribution is 2.31. The summed E-state index contributed by atoms with van der Waals surface area (Å²) in [5.41, 5.74) is 3.93. The molecule has 32 heavy (non-hydrogen) atoms. The Morgan fingerprint density at radius 2 is 1.69 bits per heavy atom. The number of nitrogens with one attached hydrogen (secondary N) is 1. The fraction of sp³-hybridized carbons (Fsp3) is 0.440. The van der Waals surface area contributed by atoms with Crippen LogP contribution in [0.5, 0.6) is 11.5 Å². The highest BCUT2D eigenvalue weighted by atomic mass is 16.5. The maximum atomic E-state index is 13.0. The first-order valence-corrected chi connectivity index (χ1v) is 11.2. The lowest BCUT2D eigenvalue weighted by Gasteiger charge is -2.31. The van der Waals surface area contributed by atoms with E-state index in [9.17, 15) is 9.59 Å². The van der Waals surface area contributed by atoms with Crippen molar-refractivity contribution in [3.8, 4) is 11.5 Å². The number of carbonyl (C=O) groups excluding carboxylic acids is 2. The highest BCUT2D eigenvalue weighted by Gasteiger charge is 2.28. The fourth-order valence-electron chi connectivity index (χ4n) is 4.55. The molecule has 0 aromatic heterocycles. The van der Waals surface area contributed by atoms with Crippen LogP contribution in [0.2, 0.25) is 0 Å². The highest BCUT2D eigenvalue weighted by molar-refractivity contribution is 5.96. The van der Waals surface area contributed by atoms with Crippen LogP contribution in [0.4, 0.5) is 11.4 Å². The molecule has 0 bridgehead atoms. The number of rotatable bonds is 6. The normalized spacial score (nSPS) is 16.0. The molecule has 2 aromatic carbocycles. The van der Waals surface area contributed by atoms with Crippen molar-refractivity contribution < 1.29 is 19.1 Å². The van der Waals surface area contributed by atoms with E-state index >= 15 is 0 Å². The molecule has 0 radical (unpaired) electrons. The SMILES string of the molecule is CCN1CCc2ccc(NC(=O)C3CCN(C(=O)c4cc(OC)cc(OC)c4)CC3)cc21. The Hall–Kier alpha value is -3.22. The summed E-state index contributed by atoms with van der Waals surface area (Å²) in [6.45, 7) is 5.25. The van der Waals surface area contributed by atoms with Crippen LogP contribution in [-0.2, 0) is 11.2 Å². The zero-order chi connectivity index (χ0) is 22.7. The monoisotopic (exact) mass is 437 g/mol. The van der Waals surface area contributed by atoms with Crippen LogP contribution >= 0.6 is 0 Å². The second-order valence-corrected chi connectivity index (χ2v) is 8.33. The molecule has 0 atom stereocenters. The number of likely N-dealkylation sites (N-methyl/N-ethyl adjacent to an activating group) is 1. The predicted molar refractivity (Wildman–Crippen MR) is 125 cm³/mol. The number of hydrogen-bond acceptors (Lipinski definition) is 5. The minimum Gasteiger partial charge on any atom is -0.497 e. The van der Waals surface area contributed by atoms with Crippen LogP contribution in [0.25, 0.3) is 0 Å². The Kier molecular flexibility index (Phi) is 6.53. The molecule has 0 unspecified atom stereocenters. The van der Waals surface area contributed by atoms with Crippen molar-refractivity contribution in [2.75, 3.05) is 50.6 Å². The molecule has 0 aliphatic carbocycles. The van der Waals surface area contributed by atoms with Gasteiger partial charge in [-0.1, -0.05) is 6.07 Å². The van der Waals surface area contributed by atoms with Crippen molar-refractivity contribution in [1.82, 2.24) is 4.90 Å². The van der Waals surface area contributed by atoms with Gasteiger partial charge in [-0.15, -0.1) is 0 Å². The Bertz CT molecular complexity index is 976. The molecule has 4 rings (SSSR count). The first-order valence-electron chi connectivity index (χ1n) is 11.2. The van der Waals surface area contributed by atoms with Gasteiger partial charge in [0.05, 0.1) is 14.2 Å². The van der Waals surface area contributed by atoms with Gasteiger partial charge in [-0.2, -0.15) is 0 Å². The van der Waals surface area contributed by atoms with Crippen LogP contribution in [-0.4, -0.2) is 57.1 Å². The maximum absolute atomic E-state index is 13.0. The van der Waals surface area contributed by atoms with Crippen molar-refractivity contribution >= 4 is 23.2 Å². The van der Waals surface area contributed by atoms with E-state index in [1.54, 1.807) is 37.3 Å². The summed E-state index contributed by atoms with van der Waals surface area (Å²) in [4.78, 5) is 30.0. The molecule has 2 heterocycles. The first kappa shape index (κ1) is 22.0. The summed E-state index contributed by atoms with van der Waals surface area (Å²) < 4.78 is 10.5. The second-order valence-electron chi connectivity index (χ2n) is 8.33. The van der Waals surface area contributed by atoms with Gasteiger partial charge in [-0.3, -0.25) is 9.59 Å². The van der Waals surface area contributed by atoms with Crippen LogP contribution in [0.15, 0.2) is 36.4 Å². The minimum atomic E-state index is -0.102. The van der Waals surface area contributed by atoms with Crippen molar-refractivity contribution in [3.63, 3.8) is 0 Å². The second kappa shape index (κ2) is 9.51. The van der Waals surface area contributed by atoms with Crippen LogP contribution in [0.1, 0.15) is 35.7 Å². The molecule has 1 N–H and O–H groups in total. The molecular formula is C25H31N3O4. The van der Waals surface area contributed by atoms with Gasteiger partial charge < -0.3 is 24.6 Å². The Balaban J connectivity index is 1.36. The Labute approximate surface area is 189 Å². The molecule has 7 heteroatoms. The van der Waals surface area contributed by atoms with E-state index in [4.69, 9.17) is 9.47 Å². The van der Waals surface area contributed by atoms with Gasteiger partial charge in [0.1, 0.15) is 11.5 Å². The number of piperidine rings is 1. The van der Waals surface area contributed by atoms with Crippen molar-refractivity contribution in [2.45, 2.75) is 26.2 Å². The van der Waals surface area contributed by atoms with Gasteiger partial charge in [0.2, 0.25) is 5.91 Å². The summed E-state index contributed by atoms with van der Waals surface area (Å²) in [5.74, 6) is 1.02. The van der Waals surface area contributed by atoms with Gasteiger partial charge in [-0.05, 0) is 56.0 Å². The first-order chi connectivity index (χ1) is 15.5. The zero-order valence-electron chi connectivity index (χ0n) is 19.0. The largest absolute Gasteiger partial charge is 0.497 e. The van der Waals surface area contributed by atoms with E-state index < -0.39 is 0 Å². The lowest BCUT2D eigenvalue weighted by Crippen LogP contribution is -2.41. The Morgan fingerprint density at radius 1 is 1.00 bits per heavy atom. The van der Waals surface area contributed by atoms with Gasteiger partial charge >= 0.3 is 0 Å². The van der Waals surface area contributed by atoms with E-state index in [1.165, 1.54) is 11.3 Å². The van der Waals surface area contributed by atoms with Crippen LogP contribution < -0.4 is 19.7 Å². The molecule has 2 amide bonds. The molecular weight excluding hydrogens is 406 g/mol. The number of hydrogen-bond donors (Lipinski definition) is 1. The van der Waals surface area contributed by atoms with Crippen LogP contribution in [0, 0.1) is 5.92 Å². The number of methoxy groups -OCH3 is 2. The average molecular weight is 438 g/mol. The number of anilines is 2. The number of benzene rings is 2. The molecule has 0 spiro atoms. The van der Waals surface area contributed by atoms with E-state index in [2.05, 4.69) is 29.3 Å². The summed E-state index contributed by atoms with van der Waals surface area (Å²) in [6.07, 6.45) is 2.35. The van der Waals surface area contributed by atoms with Gasteiger partial charge in [-0.25, -0.2) is 0 Å². The number of likely N-dealkylation sites (tertiary alicyclic amines) is 1. The van der Waals surface area contributed by atoms with E-state index in [1.807, 2.05) is 6.07 Å². The third kappa shape index (κ3) is 4.52. The number of fused-ring (bicyclic) bond motifs is 1. The van der Waals surface area contributed by atoms with E-state index in [-0.39, 0.29) is 17.7 Å². The standard InChI is InChI=1S/C25H31N3O4/c1-4-27-10-7-17-5-6-20(15-23(17)27)26-24(29)18-8-11-28(12-9-18)25(30)19-13-21(31-2)16-22(14-19)32-3/h5-6,13-16,18H,4,7-12H2,1-3H3,(H,26,29). The Morgan fingerprint density at radius 3 is 2.31 bits per heavy atom. The number of ether oxygens (including phenoxy) is 2. The predicted octanol–water partition coefficient (Wildman–Crippen LogP) is 3.58. The van der Waals surface area contributed by atoms with Gasteiger partial charge in [0.15, 0.2) is 0 Å². The smallest absolute Gasteiger partial charge is 0.254 e. The summed E-state index contributed by atoms with van der Waals surface area (Å²) in [7, 11) is 3.13. The number of carbonyl (C=O) groups is 2. The number of amides is 2. The fourth-order valence-corrected chi connectivity index (χ4v) is 4.55. The number of nitrogens with zero attached hydrogens (tertiary/aromatic N) is 2. The lowest BCUT2D eigenvalue weighted by molar-refractivity contribution is -0.121. The molecule has 170 valence electrons. The van der Waals surface area contributed by atoms with Crippen molar-refractivity contribution in [2.24, 2.45) is 5.92 Å². The average Bonchev–Trinajstić information content (AvgIpc) is 3.25. The molecule has 2 aromatic rings. The lowest BCUT2D eigenvalue weighted by atomic mass is 9.95. The topological polar surface area (TPSA) is 71.1 Å². The molecule has 1 saturated heterocycles. The van der Waals surface area contributed by atoms with Crippen molar-refractivity contribution in [3.05, 3.63) is 47.5 Å². The third-order valence-corrected chi connectivity index (χ3v) is 6.48. The molecule has 7 nitrogen and oxygen atoms in total. The van der Waals surface area contributed by atoms with Gasteiger partial charge in [0, 0.05) is 55.1 Å². The van der Waals surface area contributed by atoms with Crippen molar-refractivity contribution in [1.29, 1.82) is 0 Å². The minimum absolute atomic E-state index is 0.0288. The summed E-state index contributed by atoms with van der Waals surface area (Å²) >= 11 is 0. The molecule has 2 aliphatic rings. The molecule has 0 saturated carbocycles. The quantitative estimate of drug-likeness (QED) is 0.748. The molecule has 1 fully saturated rings. The zero-order valence-corrected chi connectivity index (χ0v) is 19.0. The summed E-state index contributed by atoms with van der Waals surface area (Å²) in [5, 5.41) is 3.09. The third-order valence-electron chi connectivity index (χ3n) is 6.48. The van der Waals surface area contributed by atoms with Crippen LogP contribution in [0.3, 0.4) is 0 Å². The van der Waals surface area contributed by atoms with E-state index in [0.717, 1.165) is 25.2 Å². The van der Waals surface area contributed by atoms with E-state index in [0.29, 0.717) is 43.0 Å². The van der Waals surface area contributed by atoms with Gasteiger partial charge in [0.25, 0.3) is 5.91 Å². The summed E-state index contributed by atoms with van der Waals surface area (Å²) in [6, 6.07) is 11.4. The maximum Gasteiger partial charge on any atom is 0.254 e.